The lowest BCUT2D eigenvalue weighted by Gasteiger charge is -2.17. The average molecular weight is 260 g/mol. The molecule has 0 fully saturated rings. The van der Waals surface area contributed by atoms with E-state index in [0.717, 1.165) is 12.1 Å². The van der Waals surface area contributed by atoms with Gasteiger partial charge in [0.1, 0.15) is 5.82 Å². The lowest BCUT2D eigenvalue weighted by atomic mass is 10.00. The number of nitrogens with two attached hydrogens (primary N) is 1. The van der Waals surface area contributed by atoms with Gasteiger partial charge in [-0.15, -0.1) is 12.3 Å². The van der Waals surface area contributed by atoms with Gasteiger partial charge in [-0.05, 0) is 24.1 Å². The topological polar surface area (TPSA) is 38.0 Å². The average Bonchev–Trinajstić information content (AvgIpc) is 2.30. The molecule has 0 radical (unpaired) electrons. The number of hydrogen-bond acceptors (Lipinski definition) is 2. The number of benzene rings is 1. The number of alkyl halides is 3. The SMILES string of the molecule is C#CCCC(NN)c1ccc(F)c(C(F)(F)F)c1. The third-order valence-electron chi connectivity index (χ3n) is 2.48. The number of hydrazine groups is 1. The monoisotopic (exact) mass is 260 g/mol. The van der Waals surface area contributed by atoms with Crippen LogP contribution < -0.4 is 11.3 Å². The van der Waals surface area contributed by atoms with E-state index in [1.807, 2.05) is 0 Å². The van der Waals surface area contributed by atoms with Crippen LogP contribution in [0.2, 0.25) is 0 Å². The molecule has 0 aromatic heterocycles. The van der Waals surface area contributed by atoms with Crippen LogP contribution in [0.3, 0.4) is 0 Å². The first-order valence-electron chi connectivity index (χ1n) is 5.16. The first-order valence-corrected chi connectivity index (χ1v) is 5.16. The van der Waals surface area contributed by atoms with Crippen LogP contribution in [-0.2, 0) is 6.18 Å². The quantitative estimate of drug-likeness (QED) is 0.378. The van der Waals surface area contributed by atoms with Crippen molar-refractivity contribution in [2.45, 2.75) is 25.1 Å². The number of hydrogen-bond donors (Lipinski definition) is 2. The third kappa shape index (κ3) is 3.45. The van der Waals surface area contributed by atoms with Crippen LogP contribution in [0, 0.1) is 18.2 Å². The highest BCUT2D eigenvalue weighted by Gasteiger charge is 2.34. The van der Waals surface area contributed by atoms with E-state index in [1.165, 1.54) is 6.07 Å². The molecule has 1 aromatic rings. The minimum Gasteiger partial charge on any atom is -0.271 e. The summed E-state index contributed by atoms with van der Waals surface area (Å²) < 4.78 is 50.7. The van der Waals surface area contributed by atoms with E-state index < -0.39 is 23.6 Å². The van der Waals surface area contributed by atoms with Crippen molar-refractivity contribution in [3.63, 3.8) is 0 Å². The van der Waals surface area contributed by atoms with Gasteiger partial charge in [0.2, 0.25) is 0 Å². The van der Waals surface area contributed by atoms with Crippen LogP contribution >= 0.6 is 0 Å². The maximum Gasteiger partial charge on any atom is 0.419 e. The van der Waals surface area contributed by atoms with E-state index in [1.54, 1.807) is 0 Å². The summed E-state index contributed by atoms with van der Waals surface area (Å²) in [4.78, 5) is 0. The summed E-state index contributed by atoms with van der Waals surface area (Å²) in [5.74, 6) is 6.31. The molecule has 18 heavy (non-hydrogen) atoms. The van der Waals surface area contributed by atoms with Crippen LogP contribution in [0.4, 0.5) is 17.6 Å². The van der Waals surface area contributed by atoms with E-state index in [2.05, 4.69) is 11.3 Å². The molecule has 1 unspecified atom stereocenters. The zero-order valence-corrected chi connectivity index (χ0v) is 9.39. The van der Waals surface area contributed by atoms with Gasteiger partial charge >= 0.3 is 6.18 Å². The summed E-state index contributed by atoms with van der Waals surface area (Å²) >= 11 is 0. The van der Waals surface area contributed by atoms with Gasteiger partial charge in [-0.1, -0.05) is 6.07 Å². The molecule has 0 saturated carbocycles. The van der Waals surface area contributed by atoms with Gasteiger partial charge in [-0.25, -0.2) is 4.39 Å². The zero-order chi connectivity index (χ0) is 13.8. The summed E-state index contributed by atoms with van der Waals surface area (Å²) in [6.45, 7) is 0. The van der Waals surface area contributed by atoms with Crippen molar-refractivity contribution < 1.29 is 17.6 Å². The van der Waals surface area contributed by atoms with Crippen molar-refractivity contribution >= 4 is 0 Å². The van der Waals surface area contributed by atoms with E-state index in [-0.39, 0.29) is 5.56 Å². The Balaban J connectivity index is 3.07. The van der Waals surface area contributed by atoms with Crippen LogP contribution in [0.25, 0.3) is 0 Å². The molecule has 0 aliphatic rings. The minimum absolute atomic E-state index is 0.251. The number of terminal acetylenes is 1. The molecule has 0 bridgehead atoms. The fourth-order valence-corrected chi connectivity index (χ4v) is 1.55. The Morgan fingerprint density at radius 3 is 2.56 bits per heavy atom. The van der Waals surface area contributed by atoms with Crippen molar-refractivity contribution in [1.29, 1.82) is 0 Å². The van der Waals surface area contributed by atoms with Gasteiger partial charge in [-0.3, -0.25) is 11.3 Å². The first kappa shape index (κ1) is 14.5. The standard InChI is InChI=1S/C12H12F4N2/c1-2-3-4-11(18-17)8-5-6-10(13)9(7-8)12(14,15)16/h1,5-7,11,18H,3-4,17H2. The van der Waals surface area contributed by atoms with Crippen molar-refractivity contribution in [1.82, 2.24) is 5.43 Å². The van der Waals surface area contributed by atoms with Gasteiger partial charge in [-0.2, -0.15) is 13.2 Å². The molecule has 0 aliphatic carbocycles. The fourth-order valence-electron chi connectivity index (χ4n) is 1.55. The molecule has 6 heteroatoms. The number of halogens is 4. The summed E-state index contributed by atoms with van der Waals surface area (Å²) in [7, 11) is 0. The Morgan fingerprint density at radius 2 is 2.06 bits per heavy atom. The lowest BCUT2D eigenvalue weighted by Crippen LogP contribution is -2.28. The molecule has 98 valence electrons. The van der Waals surface area contributed by atoms with Crippen molar-refractivity contribution in [2.24, 2.45) is 5.84 Å². The largest absolute Gasteiger partial charge is 0.419 e. The van der Waals surface area contributed by atoms with E-state index >= 15 is 0 Å². The zero-order valence-electron chi connectivity index (χ0n) is 9.39. The Labute approximate surface area is 102 Å². The second-order valence-corrected chi connectivity index (χ2v) is 3.70. The van der Waals surface area contributed by atoms with E-state index in [4.69, 9.17) is 12.3 Å². The molecule has 0 heterocycles. The molecule has 3 N–H and O–H groups in total. The highest BCUT2D eigenvalue weighted by atomic mass is 19.4. The Hall–Kier alpha value is -1.58. The molecular formula is C12H12F4N2. The Morgan fingerprint density at radius 1 is 1.39 bits per heavy atom. The van der Waals surface area contributed by atoms with Crippen molar-refractivity contribution in [3.8, 4) is 12.3 Å². The summed E-state index contributed by atoms with van der Waals surface area (Å²) in [6, 6.07) is 2.24. The lowest BCUT2D eigenvalue weighted by molar-refractivity contribution is -0.140. The second-order valence-electron chi connectivity index (χ2n) is 3.70. The predicted octanol–water partition coefficient (Wildman–Crippen LogP) is 2.76. The molecule has 1 rings (SSSR count). The summed E-state index contributed by atoms with van der Waals surface area (Å²) in [5, 5.41) is 0. The second kappa shape index (κ2) is 5.85. The normalized spacial score (nSPS) is 13.1. The number of rotatable bonds is 4. The van der Waals surface area contributed by atoms with Gasteiger partial charge in [0, 0.05) is 12.5 Å². The molecular weight excluding hydrogens is 248 g/mol. The molecule has 1 aromatic carbocycles. The van der Waals surface area contributed by atoms with Crippen LogP contribution in [0.5, 0.6) is 0 Å². The van der Waals surface area contributed by atoms with Crippen LogP contribution in [0.15, 0.2) is 18.2 Å². The first-order chi connectivity index (χ1) is 8.40. The minimum atomic E-state index is -4.73. The fraction of sp³-hybridized carbons (Fsp3) is 0.333. The predicted molar refractivity (Wildman–Crippen MR) is 59.5 cm³/mol. The maximum atomic E-state index is 13.1. The van der Waals surface area contributed by atoms with Crippen LogP contribution in [0.1, 0.15) is 30.0 Å². The van der Waals surface area contributed by atoms with Crippen molar-refractivity contribution in [2.75, 3.05) is 0 Å². The maximum absolute atomic E-state index is 13.1. The van der Waals surface area contributed by atoms with E-state index in [9.17, 15) is 17.6 Å². The van der Waals surface area contributed by atoms with Gasteiger partial charge in [0.05, 0.1) is 5.56 Å². The molecule has 0 saturated heterocycles. The highest BCUT2D eigenvalue weighted by Crippen LogP contribution is 2.33. The van der Waals surface area contributed by atoms with Crippen molar-refractivity contribution in [3.05, 3.63) is 35.1 Å². The van der Waals surface area contributed by atoms with Gasteiger partial charge in [0.25, 0.3) is 0 Å². The summed E-state index contributed by atoms with van der Waals surface area (Å²) in [5.41, 5.74) is 1.31. The molecule has 0 amide bonds. The van der Waals surface area contributed by atoms with Crippen LogP contribution in [-0.4, -0.2) is 0 Å². The highest BCUT2D eigenvalue weighted by molar-refractivity contribution is 5.29. The molecule has 0 spiro atoms. The smallest absolute Gasteiger partial charge is 0.271 e. The molecule has 2 nitrogen and oxygen atoms in total. The number of nitrogens with one attached hydrogen (secondary N) is 1. The summed E-state index contributed by atoms with van der Waals surface area (Å²) in [6.07, 6.45) is 1.07. The van der Waals surface area contributed by atoms with E-state index in [0.29, 0.717) is 12.8 Å². The Kier molecular flexibility index (Phi) is 4.70. The molecule has 1 atom stereocenters. The molecule has 0 aliphatic heterocycles. The van der Waals surface area contributed by atoms with Gasteiger partial charge in [0.15, 0.2) is 0 Å². The van der Waals surface area contributed by atoms with Gasteiger partial charge < -0.3 is 0 Å². The third-order valence-corrected chi connectivity index (χ3v) is 2.48. The Bertz CT molecular complexity index is 448.